The predicted octanol–water partition coefficient (Wildman–Crippen LogP) is 0.347. The summed E-state index contributed by atoms with van der Waals surface area (Å²) in [5.41, 5.74) is 0. The SMILES string of the molecule is Cl.Cl.Cl.[MgH2].[Mn]. The second-order valence-electron chi connectivity index (χ2n) is 0. The Kier molecular flexibility index (Phi) is 411. The maximum absolute atomic E-state index is 0. The van der Waals surface area contributed by atoms with E-state index < -0.39 is 0 Å². The van der Waals surface area contributed by atoms with Crippen LogP contribution in [-0.4, -0.2) is 23.1 Å². The summed E-state index contributed by atoms with van der Waals surface area (Å²) in [6.07, 6.45) is 0. The summed E-state index contributed by atoms with van der Waals surface area (Å²) < 4.78 is 0. The molecule has 0 aromatic rings. The van der Waals surface area contributed by atoms with Gasteiger partial charge in [0.15, 0.2) is 0 Å². The predicted molar refractivity (Wildman–Crippen MR) is 30.3 cm³/mol. The van der Waals surface area contributed by atoms with Crippen molar-refractivity contribution >= 4 is 60.3 Å². The molecule has 0 unspecified atom stereocenters. The summed E-state index contributed by atoms with van der Waals surface area (Å²) in [7, 11) is 0. The van der Waals surface area contributed by atoms with E-state index in [4.69, 9.17) is 0 Å². The zero-order valence-corrected chi connectivity index (χ0v) is 5.23. The molecule has 0 aromatic carbocycles. The van der Waals surface area contributed by atoms with Crippen LogP contribution in [-0.2, 0) is 17.1 Å². The minimum Gasteiger partial charge on any atom is -0.147 e. The Labute approximate surface area is 76.7 Å². The Balaban J connectivity index is 0. The van der Waals surface area contributed by atoms with Crippen LogP contribution in [0.1, 0.15) is 0 Å². The van der Waals surface area contributed by atoms with E-state index in [9.17, 15) is 0 Å². The first-order valence-electron chi connectivity index (χ1n) is 0. The van der Waals surface area contributed by atoms with Gasteiger partial charge < -0.3 is 0 Å². The summed E-state index contributed by atoms with van der Waals surface area (Å²) >= 11 is 0. The van der Waals surface area contributed by atoms with Gasteiger partial charge in [0.1, 0.15) is 0 Å². The standard InChI is InChI=1S/3ClH.Mg.Mn.2H/h3*1H;;;;. The summed E-state index contributed by atoms with van der Waals surface area (Å²) in [5, 5.41) is 0. The molecule has 5 heavy (non-hydrogen) atoms. The van der Waals surface area contributed by atoms with Crippen LogP contribution in [0.2, 0.25) is 0 Å². The van der Waals surface area contributed by atoms with Crippen LogP contribution in [0.15, 0.2) is 0 Å². The fourth-order valence-electron chi connectivity index (χ4n) is 0. The minimum absolute atomic E-state index is 0. The van der Waals surface area contributed by atoms with Gasteiger partial charge in [-0.3, -0.25) is 0 Å². The van der Waals surface area contributed by atoms with Crippen molar-refractivity contribution in [1.82, 2.24) is 0 Å². The van der Waals surface area contributed by atoms with Gasteiger partial charge in [-0.15, -0.1) is 37.2 Å². The smallest absolute Gasteiger partial charge is 0.147 e. The van der Waals surface area contributed by atoms with Gasteiger partial charge in [0.25, 0.3) is 0 Å². The van der Waals surface area contributed by atoms with Gasteiger partial charge in [-0.25, -0.2) is 0 Å². The maximum Gasteiger partial charge on any atom is 0.316 e. The van der Waals surface area contributed by atoms with Crippen molar-refractivity contribution < 1.29 is 17.1 Å². The quantitative estimate of drug-likeness (QED) is 0.484. The summed E-state index contributed by atoms with van der Waals surface area (Å²) in [6.45, 7) is 0. The van der Waals surface area contributed by atoms with Gasteiger partial charge in [0.2, 0.25) is 0 Å². The van der Waals surface area contributed by atoms with Gasteiger partial charge in [0.05, 0.1) is 0 Å². The molecule has 0 bridgehead atoms. The van der Waals surface area contributed by atoms with Gasteiger partial charge in [-0.2, -0.15) is 0 Å². The number of hydrogen-bond acceptors (Lipinski definition) is 0. The Hall–Kier alpha value is 2.16. The zero-order valence-electron chi connectivity index (χ0n) is 1.60. The Morgan fingerprint density at radius 1 is 0.600 bits per heavy atom. The van der Waals surface area contributed by atoms with Gasteiger partial charge in [-0.1, -0.05) is 0 Å². The molecule has 0 nitrogen and oxygen atoms in total. The molecule has 0 amide bonds. The Bertz CT molecular complexity index is 6.85. The second kappa shape index (κ2) is 35.2. The number of hydrogen-bond donors (Lipinski definition) is 0. The Morgan fingerprint density at radius 3 is 0.600 bits per heavy atom. The van der Waals surface area contributed by atoms with Crippen LogP contribution < -0.4 is 0 Å². The van der Waals surface area contributed by atoms with Crippen molar-refractivity contribution in [2.45, 2.75) is 0 Å². The monoisotopic (exact) mass is 189 g/mol. The van der Waals surface area contributed by atoms with Crippen LogP contribution in [0.4, 0.5) is 0 Å². The maximum atomic E-state index is 0. The van der Waals surface area contributed by atoms with Gasteiger partial charge in [0, 0.05) is 17.1 Å². The second-order valence-corrected chi connectivity index (χ2v) is 0. The van der Waals surface area contributed by atoms with Crippen molar-refractivity contribution in [2.24, 2.45) is 0 Å². The van der Waals surface area contributed by atoms with Crippen molar-refractivity contribution in [2.75, 3.05) is 0 Å². The topological polar surface area (TPSA) is 0 Å². The van der Waals surface area contributed by atoms with Crippen LogP contribution >= 0.6 is 37.2 Å². The largest absolute Gasteiger partial charge is 0.316 e. The van der Waals surface area contributed by atoms with Crippen LogP contribution in [0.3, 0.4) is 0 Å². The van der Waals surface area contributed by atoms with E-state index in [0.29, 0.717) is 0 Å². The average Bonchev–Trinajstić information content (AvgIpc) is 0. The van der Waals surface area contributed by atoms with E-state index >= 15 is 0 Å². The van der Waals surface area contributed by atoms with Gasteiger partial charge in [-0.05, 0) is 0 Å². The van der Waals surface area contributed by atoms with Crippen molar-refractivity contribution in [1.29, 1.82) is 0 Å². The number of rotatable bonds is 0. The first-order chi connectivity index (χ1) is 0. The third kappa shape index (κ3) is 22.9. The van der Waals surface area contributed by atoms with E-state index in [0.717, 1.165) is 0 Å². The van der Waals surface area contributed by atoms with Crippen LogP contribution in [0.5, 0.6) is 0 Å². The molecule has 1 radical (unpaired) electrons. The first kappa shape index (κ1) is 58.3. The average molecular weight is 191 g/mol. The third-order valence-electron chi connectivity index (χ3n) is 0. The fourth-order valence-corrected chi connectivity index (χ4v) is 0. The zero-order chi connectivity index (χ0) is 0. The van der Waals surface area contributed by atoms with Crippen LogP contribution in [0.25, 0.3) is 0 Å². The summed E-state index contributed by atoms with van der Waals surface area (Å²) in [5.74, 6) is 0. The molecule has 0 saturated carbocycles. The molecule has 35 valence electrons. The van der Waals surface area contributed by atoms with Crippen molar-refractivity contribution in [3.8, 4) is 0 Å². The molecule has 0 spiro atoms. The molecule has 0 heterocycles. The van der Waals surface area contributed by atoms with Crippen molar-refractivity contribution in [3.05, 3.63) is 0 Å². The van der Waals surface area contributed by atoms with E-state index in [2.05, 4.69) is 0 Å². The normalized spacial score (nSPS) is 0. The minimum atomic E-state index is 0. The van der Waals surface area contributed by atoms with Gasteiger partial charge >= 0.3 is 23.1 Å². The first-order valence-corrected chi connectivity index (χ1v) is 0. The number of halogens is 3. The molecule has 0 aliphatic carbocycles. The summed E-state index contributed by atoms with van der Waals surface area (Å²) in [6, 6.07) is 0. The van der Waals surface area contributed by atoms with E-state index in [1.165, 1.54) is 0 Å². The van der Waals surface area contributed by atoms with E-state index in [1.54, 1.807) is 0 Å². The van der Waals surface area contributed by atoms with Crippen LogP contribution in [0, 0.1) is 0 Å². The molecule has 0 aromatic heterocycles. The third-order valence-corrected chi connectivity index (χ3v) is 0. The molecule has 0 fully saturated rings. The molecule has 0 rings (SSSR count). The summed E-state index contributed by atoms with van der Waals surface area (Å²) in [4.78, 5) is 0. The molecular weight excluding hydrogens is 186 g/mol. The Morgan fingerprint density at radius 2 is 0.600 bits per heavy atom. The molecule has 5 heteroatoms. The molecule has 0 saturated heterocycles. The molecule has 0 aliphatic rings. The van der Waals surface area contributed by atoms with E-state index in [-0.39, 0.29) is 77.3 Å². The van der Waals surface area contributed by atoms with E-state index in [1.807, 2.05) is 0 Å². The molecule has 0 N–H and O–H groups in total. The molecule has 0 aliphatic heterocycles. The fraction of sp³-hybridized carbons (Fsp3) is 0. The van der Waals surface area contributed by atoms with Crippen molar-refractivity contribution in [3.63, 3.8) is 0 Å². The molecule has 0 atom stereocenters. The molecular formula is H5Cl3MgMn.